The molecule has 0 aromatic heterocycles. The van der Waals surface area contributed by atoms with Crippen molar-refractivity contribution in [2.75, 3.05) is 6.61 Å². The van der Waals surface area contributed by atoms with Crippen molar-refractivity contribution in [3.8, 4) is 0 Å². The molecule has 0 bridgehead atoms. The third-order valence-corrected chi connectivity index (χ3v) is 2.13. The molecular weight excluding hydrogens is 210 g/mol. The first-order valence-corrected chi connectivity index (χ1v) is 4.72. The fourth-order valence-corrected chi connectivity index (χ4v) is 1.10. The van der Waals surface area contributed by atoms with Crippen molar-refractivity contribution in [3.63, 3.8) is 0 Å². The Hall–Kier alpha value is -1.88. The summed E-state index contributed by atoms with van der Waals surface area (Å²) in [6.07, 6.45) is 0. The molecule has 1 aromatic rings. The zero-order valence-corrected chi connectivity index (χ0v) is 9.11. The van der Waals surface area contributed by atoms with Crippen LogP contribution in [0, 0.1) is 13.8 Å². The summed E-state index contributed by atoms with van der Waals surface area (Å²) < 4.78 is 0. The third-order valence-electron chi connectivity index (χ3n) is 2.13. The molecule has 0 heterocycles. The van der Waals surface area contributed by atoms with E-state index in [1.165, 1.54) is 0 Å². The van der Waals surface area contributed by atoms with Gasteiger partial charge in [0.2, 0.25) is 0 Å². The maximum atomic E-state index is 11.5. The lowest BCUT2D eigenvalue weighted by Gasteiger charge is -2.06. The molecular formula is C11H13NO4. The Morgan fingerprint density at radius 1 is 1.31 bits per heavy atom. The van der Waals surface area contributed by atoms with Crippen LogP contribution in [-0.4, -0.2) is 23.6 Å². The standard InChI is InChI=1S/C11H13NO4/c1-7-3-4-9(5-8(7)2)11(15)12-16-6-10(13)14/h3-5H,6H2,1-2H3,(H,12,15)(H,13,14). The van der Waals surface area contributed by atoms with Crippen LogP contribution >= 0.6 is 0 Å². The number of amides is 1. The van der Waals surface area contributed by atoms with E-state index < -0.39 is 18.5 Å². The Morgan fingerprint density at radius 3 is 2.56 bits per heavy atom. The first kappa shape index (κ1) is 12.2. The van der Waals surface area contributed by atoms with E-state index in [0.717, 1.165) is 11.1 Å². The van der Waals surface area contributed by atoms with Crippen molar-refractivity contribution in [1.82, 2.24) is 5.48 Å². The minimum atomic E-state index is -1.14. The molecule has 0 unspecified atom stereocenters. The van der Waals surface area contributed by atoms with Gasteiger partial charge in [-0.3, -0.25) is 9.63 Å². The summed E-state index contributed by atoms with van der Waals surface area (Å²) >= 11 is 0. The van der Waals surface area contributed by atoms with Crippen LogP contribution in [0.2, 0.25) is 0 Å². The highest BCUT2D eigenvalue weighted by molar-refractivity contribution is 5.93. The second-order valence-electron chi connectivity index (χ2n) is 3.41. The molecule has 0 aliphatic heterocycles. The number of carboxylic acid groups (broad SMARTS) is 1. The van der Waals surface area contributed by atoms with Crippen LogP contribution in [-0.2, 0) is 9.63 Å². The zero-order valence-electron chi connectivity index (χ0n) is 9.11. The van der Waals surface area contributed by atoms with Gasteiger partial charge in [-0.25, -0.2) is 10.3 Å². The van der Waals surface area contributed by atoms with Gasteiger partial charge in [-0.2, -0.15) is 0 Å². The normalized spacial score (nSPS) is 9.88. The van der Waals surface area contributed by atoms with E-state index in [9.17, 15) is 9.59 Å². The first-order valence-electron chi connectivity index (χ1n) is 4.72. The van der Waals surface area contributed by atoms with Crippen LogP contribution in [0.25, 0.3) is 0 Å². The van der Waals surface area contributed by atoms with Gasteiger partial charge in [0.25, 0.3) is 5.91 Å². The highest BCUT2D eigenvalue weighted by Crippen LogP contribution is 2.09. The van der Waals surface area contributed by atoms with Gasteiger partial charge < -0.3 is 5.11 Å². The number of carboxylic acids is 1. The fraction of sp³-hybridized carbons (Fsp3) is 0.273. The molecule has 0 radical (unpaired) electrons. The lowest BCUT2D eigenvalue weighted by Crippen LogP contribution is -2.26. The van der Waals surface area contributed by atoms with E-state index >= 15 is 0 Å². The van der Waals surface area contributed by atoms with Crippen molar-refractivity contribution in [2.24, 2.45) is 0 Å². The Morgan fingerprint density at radius 2 is 2.00 bits per heavy atom. The number of nitrogens with one attached hydrogen (secondary N) is 1. The van der Waals surface area contributed by atoms with Crippen molar-refractivity contribution in [3.05, 3.63) is 34.9 Å². The van der Waals surface area contributed by atoms with E-state index in [-0.39, 0.29) is 0 Å². The second kappa shape index (κ2) is 5.27. The molecule has 86 valence electrons. The van der Waals surface area contributed by atoms with Crippen LogP contribution < -0.4 is 5.48 Å². The van der Waals surface area contributed by atoms with Crippen LogP contribution in [0.4, 0.5) is 0 Å². The van der Waals surface area contributed by atoms with Crippen molar-refractivity contribution in [1.29, 1.82) is 0 Å². The lowest BCUT2D eigenvalue weighted by molar-refractivity contribution is -0.144. The van der Waals surface area contributed by atoms with Gasteiger partial charge in [0, 0.05) is 5.56 Å². The Bertz CT molecular complexity index is 414. The molecule has 16 heavy (non-hydrogen) atoms. The van der Waals surface area contributed by atoms with Crippen LogP contribution in [0.15, 0.2) is 18.2 Å². The maximum Gasteiger partial charge on any atom is 0.332 e. The topological polar surface area (TPSA) is 75.6 Å². The number of carbonyl (C=O) groups is 2. The average molecular weight is 223 g/mol. The predicted octanol–water partition coefficient (Wildman–Crippen LogP) is 1.05. The van der Waals surface area contributed by atoms with Gasteiger partial charge in [0.15, 0.2) is 6.61 Å². The highest BCUT2D eigenvalue weighted by atomic mass is 16.7. The summed E-state index contributed by atoms with van der Waals surface area (Å²) in [6.45, 7) is 3.28. The zero-order chi connectivity index (χ0) is 12.1. The van der Waals surface area contributed by atoms with Crippen molar-refractivity contribution in [2.45, 2.75) is 13.8 Å². The summed E-state index contributed by atoms with van der Waals surface area (Å²) in [5, 5.41) is 8.30. The van der Waals surface area contributed by atoms with Crippen LogP contribution in [0.3, 0.4) is 0 Å². The molecule has 1 rings (SSSR count). The van der Waals surface area contributed by atoms with Crippen LogP contribution in [0.5, 0.6) is 0 Å². The minimum absolute atomic E-state index is 0.438. The Labute approximate surface area is 93.0 Å². The number of hydrogen-bond acceptors (Lipinski definition) is 3. The third kappa shape index (κ3) is 3.36. The minimum Gasteiger partial charge on any atom is -0.479 e. The molecule has 5 nitrogen and oxygen atoms in total. The molecule has 0 fully saturated rings. The largest absolute Gasteiger partial charge is 0.479 e. The fourth-order valence-electron chi connectivity index (χ4n) is 1.10. The maximum absolute atomic E-state index is 11.5. The van der Waals surface area contributed by atoms with Gasteiger partial charge in [-0.15, -0.1) is 0 Å². The van der Waals surface area contributed by atoms with Gasteiger partial charge in [-0.1, -0.05) is 6.07 Å². The van der Waals surface area contributed by atoms with E-state index in [0.29, 0.717) is 5.56 Å². The number of aryl methyl sites for hydroxylation is 2. The molecule has 5 heteroatoms. The number of aliphatic carboxylic acids is 1. The molecule has 0 saturated heterocycles. The van der Waals surface area contributed by atoms with Gasteiger partial charge >= 0.3 is 5.97 Å². The van der Waals surface area contributed by atoms with E-state index in [2.05, 4.69) is 10.3 Å². The number of rotatable bonds is 4. The summed E-state index contributed by atoms with van der Waals surface area (Å²) in [5.41, 5.74) is 4.57. The van der Waals surface area contributed by atoms with E-state index in [1.54, 1.807) is 12.1 Å². The van der Waals surface area contributed by atoms with Crippen LogP contribution in [0.1, 0.15) is 21.5 Å². The molecule has 0 atom stereocenters. The number of carbonyl (C=O) groups excluding carboxylic acids is 1. The summed E-state index contributed by atoms with van der Waals surface area (Å²) in [4.78, 5) is 26.1. The quantitative estimate of drug-likeness (QED) is 0.748. The van der Waals surface area contributed by atoms with Crippen molar-refractivity contribution < 1.29 is 19.5 Å². The van der Waals surface area contributed by atoms with E-state index in [1.807, 2.05) is 19.9 Å². The molecule has 0 aliphatic carbocycles. The second-order valence-corrected chi connectivity index (χ2v) is 3.41. The summed E-state index contributed by atoms with van der Waals surface area (Å²) in [5.74, 6) is -1.59. The van der Waals surface area contributed by atoms with E-state index in [4.69, 9.17) is 5.11 Å². The number of hydrogen-bond donors (Lipinski definition) is 2. The Balaban J connectivity index is 2.59. The molecule has 0 spiro atoms. The molecule has 1 amide bonds. The summed E-state index contributed by atoms with van der Waals surface area (Å²) in [6, 6.07) is 5.19. The summed E-state index contributed by atoms with van der Waals surface area (Å²) in [7, 11) is 0. The number of benzene rings is 1. The molecule has 0 saturated carbocycles. The smallest absolute Gasteiger partial charge is 0.332 e. The number of hydroxylamine groups is 1. The average Bonchev–Trinajstić information content (AvgIpc) is 2.21. The first-order chi connectivity index (χ1) is 7.50. The SMILES string of the molecule is Cc1ccc(C(=O)NOCC(=O)O)cc1C. The highest BCUT2D eigenvalue weighted by Gasteiger charge is 2.07. The molecule has 1 aromatic carbocycles. The predicted molar refractivity (Wildman–Crippen MR) is 57.0 cm³/mol. The van der Waals surface area contributed by atoms with Crippen molar-refractivity contribution >= 4 is 11.9 Å². The lowest BCUT2D eigenvalue weighted by atomic mass is 10.1. The monoisotopic (exact) mass is 223 g/mol. The van der Waals surface area contributed by atoms with Gasteiger partial charge in [0.1, 0.15) is 0 Å². The molecule has 2 N–H and O–H groups in total. The van der Waals surface area contributed by atoms with Gasteiger partial charge in [0.05, 0.1) is 0 Å². The molecule has 0 aliphatic rings. The van der Waals surface area contributed by atoms with Gasteiger partial charge in [-0.05, 0) is 37.1 Å². The Kier molecular flexibility index (Phi) is 4.02.